The van der Waals surface area contributed by atoms with E-state index >= 15 is 0 Å². The van der Waals surface area contributed by atoms with Gasteiger partial charge in [-0.15, -0.1) is 0 Å². The van der Waals surface area contributed by atoms with Crippen LogP contribution in [0.5, 0.6) is 5.75 Å². The normalized spacial score (nSPS) is 15.2. The van der Waals surface area contributed by atoms with Gasteiger partial charge in [0, 0.05) is 12.1 Å². The summed E-state index contributed by atoms with van der Waals surface area (Å²) in [5.74, 6) is 2.44. The Kier molecular flexibility index (Phi) is 4.95. The number of methoxy groups -OCH3 is 1. The Labute approximate surface area is 137 Å². The van der Waals surface area contributed by atoms with Crippen LogP contribution in [0.4, 0.5) is 17.3 Å². The number of benzene rings is 1. The third-order valence-electron chi connectivity index (χ3n) is 4.24. The van der Waals surface area contributed by atoms with Crippen LogP contribution >= 0.6 is 0 Å². The maximum Gasteiger partial charge on any atom is 0.142 e. The van der Waals surface area contributed by atoms with Gasteiger partial charge in [0.25, 0.3) is 0 Å². The van der Waals surface area contributed by atoms with Crippen LogP contribution in [0.25, 0.3) is 0 Å². The van der Waals surface area contributed by atoms with Crippen molar-refractivity contribution in [2.75, 3.05) is 17.7 Å². The second kappa shape index (κ2) is 7.31. The number of anilines is 3. The van der Waals surface area contributed by atoms with Gasteiger partial charge in [-0.05, 0) is 37.5 Å². The highest BCUT2D eigenvalue weighted by atomic mass is 16.5. The second-order valence-electron chi connectivity index (χ2n) is 6.10. The molecule has 0 bridgehead atoms. The van der Waals surface area contributed by atoms with E-state index in [1.54, 1.807) is 13.4 Å². The summed E-state index contributed by atoms with van der Waals surface area (Å²) in [5.41, 5.74) is 2.08. The Morgan fingerprint density at radius 1 is 1.04 bits per heavy atom. The second-order valence-corrected chi connectivity index (χ2v) is 6.10. The number of rotatable bonds is 5. The van der Waals surface area contributed by atoms with Crippen molar-refractivity contribution in [1.29, 1.82) is 0 Å². The molecular formula is C18H24N4O. The van der Waals surface area contributed by atoms with Crippen LogP contribution in [0.1, 0.15) is 37.7 Å². The van der Waals surface area contributed by atoms with Crippen molar-refractivity contribution in [3.05, 3.63) is 36.2 Å². The van der Waals surface area contributed by atoms with E-state index in [-0.39, 0.29) is 0 Å². The van der Waals surface area contributed by atoms with Gasteiger partial charge in [-0.2, -0.15) is 0 Å². The van der Waals surface area contributed by atoms with Gasteiger partial charge in [0.2, 0.25) is 0 Å². The minimum absolute atomic E-state index is 0.528. The van der Waals surface area contributed by atoms with E-state index in [1.165, 1.54) is 37.7 Å². The smallest absolute Gasteiger partial charge is 0.142 e. The summed E-state index contributed by atoms with van der Waals surface area (Å²) in [5, 5.41) is 6.85. The van der Waals surface area contributed by atoms with E-state index in [0.29, 0.717) is 6.04 Å². The van der Waals surface area contributed by atoms with Crippen LogP contribution < -0.4 is 15.4 Å². The van der Waals surface area contributed by atoms with Gasteiger partial charge in [0.1, 0.15) is 23.7 Å². The Hall–Kier alpha value is -2.30. The van der Waals surface area contributed by atoms with Crippen molar-refractivity contribution in [3.8, 4) is 5.75 Å². The van der Waals surface area contributed by atoms with E-state index in [4.69, 9.17) is 4.74 Å². The molecule has 1 aliphatic rings. The number of ether oxygens (including phenoxy) is 1. The summed E-state index contributed by atoms with van der Waals surface area (Å²) >= 11 is 0. The maximum atomic E-state index is 5.40. The molecule has 2 N–H and O–H groups in total. The molecule has 1 heterocycles. The molecule has 1 aromatic carbocycles. The Morgan fingerprint density at radius 2 is 1.83 bits per heavy atom. The fraction of sp³-hybridized carbons (Fsp3) is 0.444. The Morgan fingerprint density at radius 3 is 2.61 bits per heavy atom. The van der Waals surface area contributed by atoms with E-state index in [1.807, 2.05) is 18.2 Å². The van der Waals surface area contributed by atoms with E-state index in [2.05, 4.69) is 33.6 Å². The topological polar surface area (TPSA) is 59.1 Å². The molecular weight excluding hydrogens is 288 g/mol. The van der Waals surface area contributed by atoms with Crippen molar-refractivity contribution in [1.82, 2.24) is 9.97 Å². The number of hydrogen-bond donors (Lipinski definition) is 2. The zero-order valence-electron chi connectivity index (χ0n) is 13.8. The molecule has 5 nitrogen and oxygen atoms in total. The summed E-state index contributed by atoms with van der Waals surface area (Å²) in [6, 6.07) is 8.52. The molecule has 0 aliphatic heterocycles. The molecule has 0 spiro atoms. The molecule has 5 heteroatoms. The lowest BCUT2D eigenvalue weighted by molar-refractivity contribution is 0.416. The SMILES string of the molecule is COc1ccc(C)cc1Nc1cc(NC2CCCCC2)ncn1. The summed E-state index contributed by atoms with van der Waals surface area (Å²) in [7, 11) is 1.67. The number of nitrogens with zero attached hydrogens (tertiary/aromatic N) is 2. The highest BCUT2D eigenvalue weighted by Gasteiger charge is 2.14. The standard InChI is InChI=1S/C18H24N4O/c1-13-8-9-16(23-2)15(10-13)22-18-11-17(19-12-20-18)21-14-6-4-3-5-7-14/h8-12,14H,3-7H2,1-2H3,(H2,19,20,21,22). The number of aryl methyl sites for hydroxylation is 1. The molecule has 122 valence electrons. The van der Waals surface area contributed by atoms with Crippen molar-refractivity contribution < 1.29 is 4.74 Å². The van der Waals surface area contributed by atoms with Crippen LogP contribution in [0.15, 0.2) is 30.6 Å². The van der Waals surface area contributed by atoms with Crippen LogP contribution in [0, 0.1) is 6.92 Å². The lowest BCUT2D eigenvalue weighted by Crippen LogP contribution is -2.22. The first-order chi connectivity index (χ1) is 11.2. The van der Waals surface area contributed by atoms with Gasteiger partial charge < -0.3 is 15.4 Å². The molecule has 3 rings (SSSR count). The summed E-state index contributed by atoms with van der Waals surface area (Å²) < 4.78 is 5.40. The van der Waals surface area contributed by atoms with Gasteiger partial charge in [-0.1, -0.05) is 25.3 Å². The van der Waals surface area contributed by atoms with Crippen LogP contribution in [-0.4, -0.2) is 23.1 Å². The van der Waals surface area contributed by atoms with E-state index in [0.717, 1.165) is 23.1 Å². The van der Waals surface area contributed by atoms with Crippen LogP contribution in [0.2, 0.25) is 0 Å². The summed E-state index contributed by atoms with van der Waals surface area (Å²) in [4.78, 5) is 8.66. The molecule has 1 fully saturated rings. The first-order valence-electron chi connectivity index (χ1n) is 8.25. The number of nitrogens with one attached hydrogen (secondary N) is 2. The molecule has 1 aliphatic carbocycles. The minimum Gasteiger partial charge on any atom is -0.495 e. The first kappa shape index (κ1) is 15.6. The Balaban J connectivity index is 1.73. The van der Waals surface area contributed by atoms with Gasteiger partial charge in [0.05, 0.1) is 12.8 Å². The molecule has 0 saturated heterocycles. The van der Waals surface area contributed by atoms with Gasteiger partial charge >= 0.3 is 0 Å². The molecule has 0 radical (unpaired) electrons. The fourth-order valence-corrected chi connectivity index (χ4v) is 3.02. The average molecular weight is 312 g/mol. The highest BCUT2D eigenvalue weighted by molar-refractivity contribution is 5.66. The third kappa shape index (κ3) is 4.12. The minimum atomic E-state index is 0.528. The monoisotopic (exact) mass is 312 g/mol. The largest absolute Gasteiger partial charge is 0.495 e. The first-order valence-corrected chi connectivity index (χ1v) is 8.25. The molecule has 0 atom stereocenters. The lowest BCUT2D eigenvalue weighted by atomic mass is 9.95. The zero-order chi connectivity index (χ0) is 16.1. The Bertz CT molecular complexity index is 653. The van der Waals surface area contributed by atoms with E-state index < -0.39 is 0 Å². The predicted molar refractivity (Wildman–Crippen MR) is 93.5 cm³/mol. The molecule has 0 unspecified atom stereocenters. The predicted octanol–water partition coefficient (Wildman–Crippen LogP) is 4.28. The molecule has 2 aromatic rings. The van der Waals surface area contributed by atoms with Crippen molar-refractivity contribution in [2.45, 2.75) is 45.1 Å². The van der Waals surface area contributed by atoms with Crippen LogP contribution in [-0.2, 0) is 0 Å². The number of hydrogen-bond acceptors (Lipinski definition) is 5. The average Bonchev–Trinajstić information content (AvgIpc) is 2.56. The number of aromatic nitrogens is 2. The van der Waals surface area contributed by atoms with Crippen LogP contribution in [0.3, 0.4) is 0 Å². The quantitative estimate of drug-likeness (QED) is 0.863. The highest BCUT2D eigenvalue weighted by Crippen LogP contribution is 2.28. The molecule has 23 heavy (non-hydrogen) atoms. The fourth-order valence-electron chi connectivity index (χ4n) is 3.02. The zero-order valence-corrected chi connectivity index (χ0v) is 13.8. The van der Waals surface area contributed by atoms with Gasteiger partial charge in [0.15, 0.2) is 0 Å². The van der Waals surface area contributed by atoms with Gasteiger partial charge in [-0.3, -0.25) is 0 Å². The molecule has 1 aromatic heterocycles. The van der Waals surface area contributed by atoms with Crippen molar-refractivity contribution in [2.24, 2.45) is 0 Å². The summed E-state index contributed by atoms with van der Waals surface area (Å²) in [6.45, 7) is 2.06. The lowest BCUT2D eigenvalue weighted by Gasteiger charge is -2.23. The van der Waals surface area contributed by atoms with Crippen molar-refractivity contribution in [3.63, 3.8) is 0 Å². The molecule has 0 amide bonds. The third-order valence-corrected chi connectivity index (χ3v) is 4.24. The van der Waals surface area contributed by atoms with Gasteiger partial charge in [-0.25, -0.2) is 9.97 Å². The molecule has 1 saturated carbocycles. The maximum absolute atomic E-state index is 5.40. The summed E-state index contributed by atoms with van der Waals surface area (Å²) in [6.07, 6.45) is 7.98. The van der Waals surface area contributed by atoms with E-state index in [9.17, 15) is 0 Å². The van der Waals surface area contributed by atoms with Crippen molar-refractivity contribution >= 4 is 17.3 Å².